The van der Waals surface area contributed by atoms with Gasteiger partial charge in [0.15, 0.2) is 0 Å². The molecule has 0 unspecified atom stereocenters. The first-order chi connectivity index (χ1) is 25.3. The molecule has 3 aromatic heterocycles. The average Bonchev–Trinajstić information content (AvgIpc) is 3.85. The highest BCUT2D eigenvalue weighted by atomic mass is 15.0. The molecule has 3 heteroatoms. The molecule has 11 aromatic rings. The number of para-hydroxylation sites is 6. The summed E-state index contributed by atoms with van der Waals surface area (Å²) in [6, 6.07) is 68.4. The maximum atomic E-state index is 2.49. The minimum absolute atomic E-state index is 1.13. The van der Waals surface area contributed by atoms with Crippen LogP contribution in [-0.4, -0.2) is 13.7 Å². The van der Waals surface area contributed by atoms with Crippen molar-refractivity contribution >= 4 is 65.4 Å². The van der Waals surface area contributed by atoms with E-state index in [1.807, 2.05) is 0 Å². The van der Waals surface area contributed by atoms with Crippen molar-refractivity contribution < 1.29 is 0 Å². The topological polar surface area (TPSA) is 14.8 Å². The van der Waals surface area contributed by atoms with E-state index in [1.54, 1.807) is 0 Å². The SMILES string of the molecule is c1ccc(-n2c3ccccc3c3cccc(-c4cccc(-n5c6ccccc6c6ccc7c8ccccc8n(-c8ccccc8)c7c65)c4)c32)cc1. The highest BCUT2D eigenvalue weighted by Gasteiger charge is 2.22. The summed E-state index contributed by atoms with van der Waals surface area (Å²) in [4.78, 5) is 0. The molecule has 0 aliphatic carbocycles. The first kappa shape index (κ1) is 28.0. The molecule has 0 bridgehead atoms. The van der Waals surface area contributed by atoms with Gasteiger partial charge in [-0.15, -0.1) is 0 Å². The van der Waals surface area contributed by atoms with Crippen molar-refractivity contribution in [3.63, 3.8) is 0 Å². The molecule has 3 nitrogen and oxygen atoms in total. The van der Waals surface area contributed by atoms with Crippen LogP contribution < -0.4 is 0 Å². The monoisotopic (exact) mass is 649 g/mol. The van der Waals surface area contributed by atoms with Crippen LogP contribution in [0.4, 0.5) is 0 Å². The molecule has 0 fully saturated rings. The molecule has 0 amide bonds. The Morgan fingerprint density at radius 2 is 0.647 bits per heavy atom. The lowest BCUT2D eigenvalue weighted by atomic mass is 10.0. The molecule has 0 spiro atoms. The van der Waals surface area contributed by atoms with Crippen molar-refractivity contribution in [3.8, 4) is 28.2 Å². The van der Waals surface area contributed by atoms with E-state index < -0.39 is 0 Å². The summed E-state index contributed by atoms with van der Waals surface area (Å²) in [5, 5.41) is 7.51. The summed E-state index contributed by atoms with van der Waals surface area (Å²) >= 11 is 0. The lowest BCUT2D eigenvalue weighted by Crippen LogP contribution is -1.99. The number of hydrogen-bond donors (Lipinski definition) is 0. The Labute approximate surface area is 294 Å². The van der Waals surface area contributed by atoms with Crippen molar-refractivity contribution in [2.24, 2.45) is 0 Å². The largest absolute Gasteiger partial charge is 0.309 e. The fraction of sp³-hybridized carbons (Fsp3) is 0. The normalized spacial score (nSPS) is 11.9. The molecule has 3 heterocycles. The second-order valence-electron chi connectivity index (χ2n) is 13.3. The summed E-state index contributed by atoms with van der Waals surface area (Å²) < 4.78 is 7.36. The lowest BCUT2D eigenvalue weighted by molar-refractivity contribution is 1.15. The van der Waals surface area contributed by atoms with Gasteiger partial charge in [-0.05, 0) is 60.2 Å². The highest BCUT2D eigenvalue weighted by molar-refractivity contribution is 6.24. The number of nitrogens with zero attached hydrogens (tertiary/aromatic N) is 3. The first-order valence-electron chi connectivity index (χ1n) is 17.5. The summed E-state index contributed by atoms with van der Waals surface area (Å²) in [5.74, 6) is 0. The lowest BCUT2D eigenvalue weighted by Gasteiger charge is -2.15. The van der Waals surface area contributed by atoms with Crippen LogP contribution >= 0.6 is 0 Å². The molecule has 8 aromatic carbocycles. The van der Waals surface area contributed by atoms with Crippen molar-refractivity contribution in [1.29, 1.82) is 0 Å². The van der Waals surface area contributed by atoms with Crippen LogP contribution in [-0.2, 0) is 0 Å². The minimum atomic E-state index is 1.13. The number of fused-ring (bicyclic) bond motifs is 10. The summed E-state index contributed by atoms with van der Waals surface area (Å²) in [5.41, 5.74) is 13.1. The van der Waals surface area contributed by atoms with E-state index in [0.717, 1.165) is 17.1 Å². The van der Waals surface area contributed by atoms with Gasteiger partial charge in [-0.25, -0.2) is 0 Å². The van der Waals surface area contributed by atoms with Gasteiger partial charge in [0.1, 0.15) is 0 Å². The fourth-order valence-electron chi connectivity index (χ4n) is 8.52. The molecular formula is C48H31N3. The van der Waals surface area contributed by atoms with Gasteiger partial charge in [0.2, 0.25) is 0 Å². The van der Waals surface area contributed by atoms with Gasteiger partial charge in [0, 0.05) is 54.9 Å². The smallest absolute Gasteiger partial charge is 0.0788 e. The van der Waals surface area contributed by atoms with Crippen molar-refractivity contribution in [3.05, 3.63) is 188 Å². The van der Waals surface area contributed by atoms with E-state index in [9.17, 15) is 0 Å². The summed E-state index contributed by atoms with van der Waals surface area (Å²) in [6.45, 7) is 0. The van der Waals surface area contributed by atoms with Crippen LogP contribution in [0.15, 0.2) is 188 Å². The van der Waals surface area contributed by atoms with E-state index in [1.165, 1.54) is 76.5 Å². The van der Waals surface area contributed by atoms with E-state index in [-0.39, 0.29) is 0 Å². The molecule has 0 saturated carbocycles. The zero-order valence-corrected chi connectivity index (χ0v) is 27.7. The zero-order valence-electron chi connectivity index (χ0n) is 27.7. The molecule has 0 radical (unpaired) electrons. The molecule has 238 valence electrons. The molecule has 0 saturated heterocycles. The Morgan fingerprint density at radius 1 is 0.255 bits per heavy atom. The Morgan fingerprint density at radius 3 is 1.20 bits per heavy atom. The van der Waals surface area contributed by atoms with Crippen molar-refractivity contribution in [2.75, 3.05) is 0 Å². The van der Waals surface area contributed by atoms with Gasteiger partial charge >= 0.3 is 0 Å². The van der Waals surface area contributed by atoms with Crippen LogP contribution in [0.3, 0.4) is 0 Å². The molecule has 11 rings (SSSR count). The van der Waals surface area contributed by atoms with Gasteiger partial charge in [-0.2, -0.15) is 0 Å². The third kappa shape index (κ3) is 4.00. The van der Waals surface area contributed by atoms with Crippen LogP contribution in [0.2, 0.25) is 0 Å². The number of rotatable bonds is 4. The van der Waals surface area contributed by atoms with Gasteiger partial charge < -0.3 is 13.7 Å². The Bertz CT molecular complexity index is 3120. The number of benzene rings is 8. The van der Waals surface area contributed by atoms with Gasteiger partial charge in [0.05, 0.1) is 33.1 Å². The summed E-state index contributed by atoms with van der Waals surface area (Å²) in [6.07, 6.45) is 0. The zero-order chi connectivity index (χ0) is 33.5. The van der Waals surface area contributed by atoms with Gasteiger partial charge in [0.25, 0.3) is 0 Å². The third-order valence-electron chi connectivity index (χ3n) is 10.6. The average molecular weight is 650 g/mol. The van der Waals surface area contributed by atoms with E-state index >= 15 is 0 Å². The second kappa shape index (κ2) is 10.8. The Kier molecular flexibility index (Phi) is 5.96. The molecule has 0 atom stereocenters. The standard InChI is InChI=1S/C48H31N3/c1-3-16-33(17-4-1)49-43-26-10-7-21-37(43)40-25-14-24-36(46(40)49)32-15-13-20-35(31-32)51-45-28-12-9-23-39(45)42-30-29-41-38-22-8-11-27-44(38)50(47(41)48(42)51)34-18-5-2-6-19-34/h1-31H. The minimum Gasteiger partial charge on any atom is -0.309 e. The third-order valence-corrected chi connectivity index (χ3v) is 10.6. The molecule has 51 heavy (non-hydrogen) atoms. The van der Waals surface area contributed by atoms with Crippen LogP contribution in [0.25, 0.3) is 93.6 Å². The van der Waals surface area contributed by atoms with Crippen LogP contribution in [0.5, 0.6) is 0 Å². The molecule has 0 N–H and O–H groups in total. The van der Waals surface area contributed by atoms with E-state index in [0.29, 0.717) is 0 Å². The van der Waals surface area contributed by atoms with Crippen LogP contribution in [0, 0.1) is 0 Å². The maximum Gasteiger partial charge on any atom is 0.0788 e. The maximum absolute atomic E-state index is 2.49. The van der Waals surface area contributed by atoms with E-state index in [4.69, 9.17) is 0 Å². The first-order valence-corrected chi connectivity index (χ1v) is 17.5. The molecule has 0 aliphatic heterocycles. The second-order valence-corrected chi connectivity index (χ2v) is 13.3. The van der Waals surface area contributed by atoms with Crippen LogP contribution in [0.1, 0.15) is 0 Å². The number of hydrogen-bond acceptors (Lipinski definition) is 0. The van der Waals surface area contributed by atoms with Crippen molar-refractivity contribution in [1.82, 2.24) is 13.7 Å². The van der Waals surface area contributed by atoms with E-state index in [2.05, 4.69) is 202 Å². The molecular weight excluding hydrogens is 619 g/mol. The number of aromatic nitrogens is 3. The molecule has 0 aliphatic rings. The van der Waals surface area contributed by atoms with Gasteiger partial charge in [-0.1, -0.05) is 133 Å². The quantitative estimate of drug-likeness (QED) is 0.180. The highest BCUT2D eigenvalue weighted by Crippen LogP contribution is 2.43. The van der Waals surface area contributed by atoms with Gasteiger partial charge in [-0.3, -0.25) is 0 Å². The predicted octanol–water partition coefficient (Wildman–Crippen LogP) is 12.6. The Hall–Kier alpha value is -6.84. The predicted molar refractivity (Wildman–Crippen MR) is 215 cm³/mol. The van der Waals surface area contributed by atoms with Crippen molar-refractivity contribution in [2.45, 2.75) is 0 Å². The fourth-order valence-corrected chi connectivity index (χ4v) is 8.52. The Balaban J connectivity index is 1.25. The summed E-state index contributed by atoms with van der Waals surface area (Å²) in [7, 11) is 0.